The number of amides is 3. The quantitative estimate of drug-likeness (QED) is 0.195. The molecular formula is C39H50N4O4. The van der Waals surface area contributed by atoms with Crippen LogP contribution in [0.5, 0.6) is 5.75 Å². The molecule has 5 N–H and O–H groups in total. The Hall–Kier alpha value is -4.17. The molecule has 8 heteroatoms. The highest BCUT2D eigenvalue weighted by Gasteiger charge is 2.43. The summed E-state index contributed by atoms with van der Waals surface area (Å²) in [5, 5.41) is 9.23. The van der Waals surface area contributed by atoms with Gasteiger partial charge in [0.25, 0.3) is 5.91 Å². The van der Waals surface area contributed by atoms with Gasteiger partial charge in [-0.1, -0.05) is 73.0 Å². The van der Waals surface area contributed by atoms with Crippen molar-refractivity contribution < 1.29 is 19.1 Å². The monoisotopic (exact) mass is 638 g/mol. The van der Waals surface area contributed by atoms with E-state index in [-0.39, 0.29) is 23.7 Å². The Morgan fingerprint density at radius 3 is 2.21 bits per heavy atom. The second kappa shape index (κ2) is 16.1. The van der Waals surface area contributed by atoms with Gasteiger partial charge in [-0.25, -0.2) is 0 Å². The summed E-state index contributed by atoms with van der Waals surface area (Å²) >= 11 is 0. The van der Waals surface area contributed by atoms with Crippen LogP contribution in [0.2, 0.25) is 0 Å². The molecule has 3 unspecified atom stereocenters. The van der Waals surface area contributed by atoms with Crippen molar-refractivity contribution in [1.82, 2.24) is 16.0 Å². The smallest absolute Gasteiger partial charge is 0.251 e. The van der Waals surface area contributed by atoms with Gasteiger partial charge < -0.3 is 26.4 Å². The predicted octanol–water partition coefficient (Wildman–Crippen LogP) is 5.12. The van der Waals surface area contributed by atoms with Crippen molar-refractivity contribution >= 4 is 17.7 Å². The Kier molecular flexibility index (Phi) is 11.7. The summed E-state index contributed by atoms with van der Waals surface area (Å²) in [4.78, 5) is 41.3. The SMILES string of the molecule is CCOc1ccc(C[C@@H](NC(=O)c2ccc(C)cc2)C(=O)N[C@@H](Cc2ccccc2)C(=O)NCC23CCCC(C2)C(CN)CC3)cc1. The number of hydrogen-bond donors (Lipinski definition) is 4. The van der Waals surface area contributed by atoms with Gasteiger partial charge in [0, 0.05) is 24.9 Å². The van der Waals surface area contributed by atoms with E-state index in [0.29, 0.717) is 37.0 Å². The molecule has 3 aromatic carbocycles. The van der Waals surface area contributed by atoms with Gasteiger partial charge in [-0.3, -0.25) is 14.4 Å². The summed E-state index contributed by atoms with van der Waals surface area (Å²) in [6.07, 6.45) is 7.34. The largest absolute Gasteiger partial charge is 0.494 e. The van der Waals surface area contributed by atoms with Gasteiger partial charge in [-0.05, 0) is 98.7 Å². The number of nitrogens with one attached hydrogen (secondary N) is 3. The molecule has 0 radical (unpaired) electrons. The van der Waals surface area contributed by atoms with E-state index in [1.165, 1.54) is 6.42 Å². The summed E-state index contributed by atoms with van der Waals surface area (Å²) in [6, 6.07) is 22.7. The molecule has 0 saturated heterocycles. The predicted molar refractivity (Wildman–Crippen MR) is 185 cm³/mol. The van der Waals surface area contributed by atoms with Gasteiger partial charge in [0.05, 0.1) is 6.61 Å². The van der Waals surface area contributed by atoms with Crippen molar-refractivity contribution in [3.63, 3.8) is 0 Å². The number of hydrogen-bond acceptors (Lipinski definition) is 5. The fourth-order valence-corrected chi connectivity index (χ4v) is 7.42. The van der Waals surface area contributed by atoms with Crippen LogP contribution in [-0.4, -0.2) is 49.5 Å². The molecule has 8 nitrogen and oxygen atoms in total. The van der Waals surface area contributed by atoms with Crippen molar-refractivity contribution in [3.8, 4) is 5.75 Å². The second-order valence-corrected chi connectivity index (χ2v) is 13.5. The molecule has 2 aliphatic carbocycles. The van der Waals surface area contributed by atoms with Crippen molar-refractivity contribution in [2.24, 2.45) is 23.0 Å². The molecule has 2 bridgehead atoms. The lowest BCUT2D eigenvalue weighted by molar-refractivity contribution is -0.130. The first-order valence-electron chi connectivity index (χ1n) is 17.2. The lowest BCUT2D eigenvalue weighted by Gasteiger charge is -2.49. The average Bonchev–Trinajstić information content (AvgIpc) is 3.08. The van der Waals surface area contributed by atoms with E-state index in [1.54, 1.807) is 12.1 Å². The van der Waals surface area contributed by atoms with Crippen LogP contribution in [0.25, 0.3) is 0 Å². The fourth-order valence-electron chi connectivity index (χ4n) is 7.42. The van der Waals surface area contributed by atoms with E-state index in [2.05, 4.69) is 16.0 Å². The highest BCUT2D eigenvalue weighted by Crippen LogP contribution is 2.50. The highest BCUT2D eigenvalue weighted by molar-refractivity contribution is 5.98. The number of benzene rings is 3. The number of nitrogens with two attached hydrogens (primary N) is 1. The lowest BCUT2D eigenvalue weighted by Crippen LogP contribution is -2.56. The molecule has 250 valence electrons. The van der Waals surface area contributed by atoms with Crippen LogP contribution >= 0.6 is 0 Å². The maximum absolute atomic E-state index is 14.0. The standard InChI is InChI=1S/C39H50N4O4/c1-3-47-33-17-13-29(14-18-33)23-35(42-36(44)30-15-11-27(2)12-16-30)38(46)43-34(22-28-8-5-4-6-9-28)37(45)41-26-39-20-7-10-31(24-39)32(25-40)19-21-39/h4-6,8-9,11-18,31-32,34-35H,3,7,10,19-26,40H2,1-2H3,(H,41,45)(H,42,44)(H,43,46)/t31?,32?,34-,35+,39?/m0/s1. The molecular weight excluding hydrogens is 588 g/mol. The number of rotatable bonds is 14. The van der Waals surface area contributed by atoms with Crippen molar-refractivity contribution in [3.05, 3.63) is 101 Å². The van der Waals surface area contributed by atoms with Gasteiger partial charge in [-0.2, -0.15) is 0 Å². The summed E-state index contributed by atoms with van der Waals surface area (Å²) in [5.74, 6) is 0.977. The van der Waals surface area contributed by atoms with E-state index in [1.807, 2.05) is 80.6 Å². The van der Waals surface area contributed by atoms with E-state index in [0.717, 1.165) is 61.1 Å². The topological polar surface area (TPSA) is 123 Å². The van der Waals surface area contributed by atoms with Crippen molar-refractivity contribution in [2.75, 3.05) is 19.7 Å². The molecule has 2 aliphatic rings. The maximum Gasteiger partial charge on any atom is 0.251 e. The third-order valence-electron chi connectivity index (χ3n) is 10.2. The minimum absolute atomic E-state index is 0.0871. The third-order valence-corrected chi connectivity index (χ3v) is 10.2. The number of aryl methyl sites for hydroxylation is 1. The Morgan fingerprint density at radius 1 is 0.851 bits per heavy atom. The van der Waals surface area contributed by atoms with Crippen LogP contribution in [0.3, 0.4) is 0 Å². The van der Waals surface area contributed by atoms with E-state index < -0.39 is 18.0 Å². The third kappa shape index (κ3) is 9.22. The first-order chi connectivity index (χ1) is 22.8. The van der Waals surface area contributed by atoms with E-state index in [9.17, 15) is 14.4 Å². The van der Waals surface area contributed by atoms with Gasteiger partial charge >= 0.3 is 0 Å². The molecule has 3 amide bonds. The van der Waals surface area contributed by atoms with Crippen LogP contribution < -0.4 is 26.4 Å². The van der Waals surface area contributed by atoms with Gasteiger partial charge in [0.15, 0.2) is 0 Å². The van der Waals surface area contributed by atoms with Crippen molar-refractivity contribution in [1.29, 1.82) is 0 Å². The highest BCUT2D eigenvalue weighted by atomic mass is 16.5. The molecule has 3 aromatic rings. The Morgan fingerprint density at radius 2 is 1.53 bits per heavy atom. The van der Waals surface area contributed by atoms with Gasteiger partial charge in [0.2, 0.25) is 11.8 Å². The Labute approximate surface area is 279 Å². The van der Waals surface area contributed by atoms with Crippen LogP contribution in [0, 0.1) is 24.2 Å². The average molecular weight is 639 g/mol. The molecule has 47 heavy (non-hydrogen) atoms. The number of carbonyl (C=O) groups excluding carboxylic acids is 3. The zero-order valence-electron chi connectivity index (χ0n) is 27.8. The van der Waals surface area contributed by atoms with Crippen LogP contribution in [0.15, 0.2) is 78.9 Å². The molecule has 0 aliphatic heterocycles. The zero-order valence-corrected chi connectivity index (χ0v) is 27.8. The molecule has 5 rings (SSSR count). The molecule has 2 fully saturated rings. The lowest BCUT2D eigenvalue weighted by atomic mass is 9.58. The normalized spacial score (nSPS) is 21.6. The number of fused-ring (bicyclic) bond motifs is 2. The summed E-state index contributed by atoms with van der Waals surface area (Å²) in [7, 11) is 0. The van der Waals surface area contributed by atoms with E-state index in [4.69, 9.17) is 10.5 Å². The molecule has 0 spiro atoms. The molecule has 5 atom stereocenters. The van der Waals surface area contributed by atoms with Gasteiger partial charge in [0.1, 0.15) is 17.8 Å². The molecule has 2 saturated carbocycles. The van der Waals surface area contributed by atoms with Gasteiger partial charge in [-0.15, -0.1) is 0 Å². The number of carbonyl (C=O) groups is 3. The molecule has 0 aromatic heterocycles. The van der Waals surface area contributed by atoms with E-state index >= 15 is 0 Å². The number of ether oxygens (including phenoxy) is 1. The summed E-state index contributed by atoms with van der Waals surface area (Å²) in [5.41, 5.74) is 9.48. The van der Waals surface area contributed by atoms with Crippen LogP contribution in [-0.2, 0) is 22.4 Å². The zero-order chi connectivity index (χ0) is 33.2. The summed E-state index contributed by atoms with van der Waals surface area (Å²) < 4.78 is 5.58. The maximum atomic E-state index is 14.0. The van der Waals surface area contributed by atoms with Crippen LogP contribution in [0.1, 0.15) is 72.5 Å². The first kappa shape index (κ1) is 34.2. The fraction of sp³-hybridized carbons (Fsp3) is 0.462. The Balaban J connectivity index is 1.33. The van der Waals surface area contributed by atoms with Crippen LogP contribution in [0.4, 0.5) is 0 Å². The minimum Gasteiger partial charge on any atom is -0.494 e. The Bertz CT molecular complexity index is 1480. The first-order valence-corrected chi connectivity index (χ1v) is 17.2. The second-order valence-electron chi connectivity index (χ2n) is 13.5. The van der Waals surface area contributed by atoms with Crippen molar-refractivity contribution in [2.45, 2.75) is 77.3 Å². The molecule has 0 heterocycles. The minimum atomic E-state index is -0.906. The summed E-state index contributed by atoms with van der Waals surface area (Å²) in [6.45, 7) is 5.77.